The lowest BCUT2D eigenvalue weighted by Gasteiger charge is -2.08. The van der Waals surface area contributed by atoms with Crippen molar-refractivity contribution >= 4 is 16.8 Å². The molecule has 0 unspecified atom stereocenters. The van der Waals surface area contributed by atoms with Gasteiger partial charge in [0.25, 0.3) is 5.91 Å². The van der Waals surface area contributed by atoms with Crippen LogP contribution < -0.4 is 5.32 Å². The first-order valence-electron chi connectivity index (χ1n) is 7.89. The first-order chi connectivity index (χ1) is 12.1. The summed E-state index contributed by atoms with van der Waals surface area (Å²) < 4.78 is 34.3. The Morgan fingerprint density at radius 3 is 2.64 bits per heavy atom. The molecule has 4 nitrogen and oxygen atoms in total. The number of amides is 1. The minimum absolute atomic E-state index is 0.150. The molecule has 0 aliphatic carbocycles. The summed E-state index contributed by atoms with van der Waals surface area (Å²) in [5.74, 6) is -1.73. The number of carbonyl (C=O) groups excluding carboxylic acids is 1. The van der Waals surface area contributed by atoms with Gasteiger partial charge in [-0.1, -0.05) is 6.07 Å². The molecule has 1 heterocycles. The van der Waals surface area contributed by atoms with Crippen LogP contribution in [0.25, 0.3) is 10.9 Å². The second-order valence-electron chi connectivity index (χ2n) is 5.66. The fraction of sp³-hybridized carbons (Fsp3) is 0.211. The van der Waals surface area contributed by atoms with Gasteiger partial charge in [-0.2, -0.15) is 0 Å². The summed E-state index contributed by atoms with van der Waals surface area (Å²) >= 11 is 0. The van der Waals surface area contributed by atoms with Crippen molar-refractivity contribution in [3.05, 3.63) is 71.4 Å². The summed E-state index contributed by atoms with van der Waals surface area (Å²) in [5.41, 5.74) is 1.28. The Morgan fingerprint density at radius 2 is 1.92 bits per heavy atom. The third-order valence-electron chi connectivity index (χ3n) is 4.06. The van der Waals surface area contributed by atoms with Gasteiger partial charge in [-0.15, -0.1) is 0 Å². The van der Waals surface area contributed by atoms with Crippen LogP contribution in [0.3, 0.4) is 0 Å². The zero-order valence-corrected chi connectivity index (χ0v) is 13.8. The van der Waals surface area contributed by atoms with Crippen LogP contribution in [0.15, 0.2) is 48.7 Å². The van der Waals surface area contributed by atoms with Gasteiger partial charge in [-0.05, 0) is 36.4 Å². The number of rotatable bonds is 6. The van der Waals surface area contributed by atoms with E-state index in [0.29, 0.717) is 12.2 Å². The molecule has 1 amide bonds. The zero-order valence-electron chi connectivity index (χ0n) is 13.8. The number of nitrogens with zero attached hydrogens (tertiary/aromatic N) is 1. The van der Waals surface area contributed by atoms with E-state index < -0.39 is 11.6 Å². The molecule has 0 fully saturated rings. The lowest BCUT2D eigenvalue weighted by Crippen LogP contribution is -2.24. The van der Waals surface area contributed by atoms with Crippen molar-refractivity contribution in [2.75, 3.05) is 13.7 Å². The van der Waals surface area contributed by atoms with E-state index in [0.717, 1.165) is 17.4 Å². The lowest BCUT2D eigenvalue weighted by atomic mass is 10.1. The van der Waals surface area contributed by atoms with Gasteiger partial charge in [0.2, 0.25) is 0 Å². The summed E-state index contributed by atoms with van der Waals surface area (Å²) in [4.78, 5) is 12.3. The molecule has 25 heavy (non-hydrogen) atoms. The topological polar surface area (TPSA) is 43.3 Å². The third kappa shape index (κ3) is 3.69. The zero-order chi connectivity index (χ0) is 17.8. The van der Waals surface area contributed by atoms with Crippen LogP contribution in [-0.2, 0) is 17.8 Å². The molecule has 0 bridgehead atoms. The van der Waals surface area contributed by atoms with Gasteiger partial charge in [-0.3, -0.25) is 4.79 Å². The Hall–Kier alpha value is -2.73. The van der Waals surface area contributed by atoms with E-state index >= 15 is 0 Å². The minimum atomic E-state index is -0.675. The van der Waals surface area contributed by atoms with Crippen LogP contribution in [-0.4, -0.2) is 24.2 Å². The molecule has 0 saturated heterocycles. The van der Waals surface area contributed by atoms with E-state index in [4.69, 9.17) is 4.74 Å². The average molecular weight is 344 g/mol. The summed E-state index contributed by atoms with van der Waals surface area (Å²) in [7, 11) is 1.65. The number of fused-ring (bicyclic) bond motifs is 1. The van der Waals surface area contributed by atoms with E-state index in [1.54, 1.807) is 19.2 Å². The number of nitrogens with one attached hydrogen (secondary N) is 1. The molecule has 0 aliphatic rings. The maximum atomic E-state index is 13.6. The average Bonchev–Trinajstić information content (AvgIpc) is 3.01. The van der Waals surface area contributed by atoms with Crippen molar-refractivity contribution in [1.82, 2.24) is 9.88 Å². The van der Waals surface area contributed by atoms with Gasteiger partial charge in [0.05, 0.1) is 6.61 Å². The molecule has 1 N–H and O–H groups in total. The van der Waals surface area contributed by atoms with Crippen LogP contribution in [0.2, 0.25) is 0 Å². The highest BCUT2D eigenvalue weighted by molar-refractivity contribution is 5.98. The maximum absolute atomic E-state index is 13.6. The number of aromatic nitrogens is 1. The van der Waals surface area contributed by atoms with Gasteiger partial charge in [-0.25, -0.2) is 8.78 Å². The predicted molar refractivity (Wildman–Crippen MR) is 91.3 cm³/mol. The first-order valence-corrected chi connectivity index (χ1v) is 7.89. The smallest absolute Gasteiger partial charge is 0.251 e. The standard InChI is InChI=1S/C19H18F2N2O2/c1-25-10-9-23-8-7-13-11-14(5-6-18(13)23)19(24)22-12-15-16(20)3-2-4-17(15)21/h2-8,11H,9-10,12H2,1H3,(H,22,24). The maximum Gasteiger partial charge on any atom is 0.251 e. The largest absolute Gasteiger partial charge is 0.383 e. The summed E-state index contributed by atoms with van der Waals surface area (Å²) in [5, 5.41) is 3.47. The fourth-order valence-corrected chi connectivity index (χ4v) is 2.70. The lowest BCUT2D eigenvalue weighted by molar-refractivity contribution is 0.0950. The summed E-state index contributed by atoms with van der Waals surface area (Å²) in [6.45, 7) is 1.11. The Morgan fingerprint density at radius 1 is 1.16 bits per heavy atom. The number of hydrogen-bond donors (Lipinski definition) is 1. The Kier molecular flexibility index (Phi) is 5.09. The summed E-state index contributed by atoms with van der Waals surface area (Å²) in [6.07, 6.45) is 1.93. The quantitative estimate of drug-likeness (QED) is 0.744. The fourth-order valence-electron chi connectivity index (χ4n) is 2.70. The highest BCUT2D eigenvalue weighted by atomic mass is 19.1. The number of carbonyl (C=O) groups is 1. The monoisotopic (exact) mass is 344 g/mol. The van der Waals surface area contributed by atoms with Crippen molar-refractivity contribution in [2.24, 2.45) is 0 Å². The van der Waals surface area contributed by atoms with Gasteiger partial charge < -0.3 is 14.6 Å². The van der Waals surface area contributed by atoms with Crippen molar-refractivity contribution in [1.29, 1.82) is 0 Å². The van der Waals surface area contributed by atoms with Crippen LogP contribution in [0.5, 0.6) is 0 Å². The molecule has 2 aromatic carbocycles. The van der Waals surface area contributed by atoms with E-state index in [1.165, 1.54) is 18.2 Å². The third-order valence-corrected chi connectivity index (χ3v) is 4.06. The highest BCUT2D eigenvalue weighted by Crippen LogP contribution is 2.18. The summed E-state index contributed by atoms with van der Waals surface area (Å²) in [6, 6.07) is 10.8. The van der Waals surface area contributed by atoms with Gasteiger partial charge in [0.15, 0.2) is 0 Å². The molecule has 0 aliphatic heterocycles. The molecule has 6 heteroatoms. The van der Waals surface area contributed by atoms with Crippen molar-refractivity contribution < 1.29 is 18.3 Å². The number of benzene rings is 2. The Balaban J connectivity index is 1.74. The molecule has 0 saturated carbocycles. The first kappa shape index (κ1) is 17.1. The van der Waals surface area contributed by atoms with E-state index in [-0.39, 0.29) is 18.0 Å². The second-order valence-corrected chi connectivity index (χ2v) is 5.66. The number of halogens is 2. The van der Waals surface area contributed by atoms with Gasteiger partial charge >= 0.3 is 0 Å². The van der Waals surface area contributed by atoms with Gasteiger partial charge in [0, 0.05) is 48.4 Å². The SMILES string of the molecule is COCCn1ccc2cc(C(=O)NCc3c(F)cccc3F)ccc21. The van der Waals surface area contributed by atoms with E-state index in [9.17, 15) is 13.6 Å². The number of methoxy groups -OCH3 is 1. The number of hydrogen-bond acceptors (Lipinski definition) is 2. The Labute approximate surface area is 144 Å². The molecule has 1 aromatic heterocycles. The molecular formula is C19H18F2N2O2. The van der Waals surface area contributed by atoms with Crippen molar-refractivity contribution in [2.45, 2.75) is 13.1 Å². The molecule has 0 atom stereocenters. The molecule has 3 aromatic rings. The second kappa shape index (κ2) is 7.44. The van der Waals surface area contributed by atoms with E-state index in [1.807, 2.05) is 22.9 Å². The van der Waals surface area contributed by atoms with Gasteiger partial charge in [0.1, 0.15) is 11.6 Å². The highest BCUT2D eigenvalue weighted by Gasteiger charge is 2.12. The Bertz CT molecular complexity index is 885. The number of ether oxygens (including phenoxy) is 1. The van der Waals surface area contributed by atoms with Crippen LogP contribution in [0.1, 0.15) is 15.9 Å². The molecule has 130 valence electrons. The van der Waals surface area contributed by atoms with Crippen molar-refractivity contribution in [3.8, 4) is 0 Å². The minimum Gasteiger partial charge on any atom is -0.383 e. The van der Waals surface area contributed by atoms with Crippen LogP contribution >= 0.6 is 0 Å². The molecular weight excluding hydrogens is 326 g/mol. The van der Waals surface area contributed by atoms with Crippen LogP contribution in [0.4, 0.5) is 8.78 Å². The molecule has 3 rings (SSSR count). The molecule has 0 spiro atoms. The molecule has 0 radical (unpaired) electrons. The normalized spacial score (nSPS) is 11.0. The predicted octanol–water partition coefficient (Wildman–Crippen LogP) is 3.50. The van der Waals surface area contributed by atoms with Crippen LogP contribution in [0, 0.1) is 11.6 Å². The van der Waals surface area contributed by atoms with Crippen molar-refractivity contribution in [3.63, 3.8) is 0 Å². The van der Waals surface area contributed by atoms with E-state index in [2.05, 4.69) is 5.32 Å².